The van der Waals surface area contributed by atoms with E-state index in [9.17, 15) is 9.90 Å². The molecular formula is C17H29N3O4. The highest BCUT2D eigenvalue weighted by Crippen LogP contribution is 2.25. The number of hydrogen-bond donors (Lipinski definition) is 1. The first-order valence-electron chi connectivity index (χ1n) is 8.48. The fourth-order valence-electron chi connectivity index (χ4n) is 2.70. The van der Waals surface area contributed by atoms with Crippen LogP contribution in [0.5, 0.6) is 0 Å². The number of aliphatic hydroxyl groups excluding tert-OH is 1. The van der Waals surface area contributed by atoms with Gasteiger partial charge in [0.05, 0.1) is 12.1 Å². The second-order valence-corrected chi connectivity index (χ2v) is 8.42. The topological polar surface area (TPSA) is 88.7 Å². The lowest BCUT2D eigenvalue weighted by Crippen LogP contribution is -2.45. The Morgan fingerprint density at radius 3 is 2.58 bits per heavy atom. The normalized spacial score (nSPS) is 20.3. The SMILES string of the molecule is CC(C)(C)OC(=O)N1CCCC1[C@@H](O)Cc1noc(C(C)(C)C)n1. The largest absolute Gasteiger partial charge is 0.444 e. The molecule has 2 rings (SSSR count). The van der Waals surface area contributed by atoms with Crippen LogP contribution in [0.2, 0.25) is 0 Å². The van der Waals surface area contributed by atoms with Gasteiger partial charge in [0.25, 0.3) is 0 Å². The van der Waals surface area contributed by atoms with E-state index in [1.54, 1.807) is 4.90 Å². The van der Waals surface area contributed by atoms with Gasteiger partial charge in [-0.05, 0) is 33.6 Å². The first-order valence-corrected chi connectivity index (χ1v) is 8.48. The molecule has 7 nitrogen and oxygen atoms in total. The molecule has 136 valence electrons. The van der Waals surface area contributed by atoms with E-state index in [2.05, 4.69) is 10.1 Å². The van der Waals surface area contributed by atoms with Gasteiger partial charge in [-0.1, -0.05) is 25.9 Å². The second-order valence-electron chi connectivity index (χ2n) is 8.42. The number of aliphatic hydroxyl groups is 1. The molecular weight excluding hydrogens is 310 g/mol. The summed E-state index contributed by atoms with van der Waals surface area (Å²) in [6.45, 7) is 12.1. The minimum atomic E-state index is -0.745. The third kappa shape index (κ3) is 4.69. The molecule has 1 amide bonds. The van der Waals surface area contributed by atoms with Crippen molar-refractivity contribution < 1.29 is 19.2 Å². The van der Waals surface area contributed by atoms with Crippen molar-refractivity contribution in [1.29, 1.82) is 0 Å². The number of likely N-dealkylation sites (tertiary alicyclic amines) is 1. The van der Waals surface area contributed by atoms with E-state index in [0.717, 1.165) is 12.8 Å². The monoisotopic (exact) mass is 339 g/mol. The maximum atomic E-state index is 12.3. The number of carbonyl (C=O) groups excluding carboxylic acids is 1. The summed E-state index contributed by atoms with van der Waals surface area (Å²) < 4.78 is 10.7. The van der Waals surface area contributed by atoms with Gasteiger partial charge in [-0.2, -0.15) is 4.98 Å². The number of nitrogens with zero attached hydrogens (tertiary/aromatic N) is 3. The van der Waals surface area contributed by atoms with Crippen molar-refractivity contribution in [2.24, 2.45) is 0 Å². The lowest BCUT2D eigenvalue weighted by atomic mass is 9.97. The van der Waals surface area contributed by atoms with E-state index < -0.39 is 11.7 Å². The summed E-state index contributed by atoms with van der Waals surface area (Å²) in [5.74, 6) is 1.00. The highest BCUT2D eigenvalue weighted by molar-refractivity contribution is 5.69. The highest BCUT2D eigenvalue weighted by Gasteiger charge is 2.37. The fraction of sp³-hybridized carbons (Fsp3) is 0.824. The van der Waals surface area contributed by atoms with Crippen molar-refractivity contribution in [1.82, 2.24) is 15.0 Å². The van der Waals surface area contributed by atoms with Gasteiger partial charge in [0, 0.05) is 18.4 Å². The van der Waals surface area contributed by atoms with Crippen molar-refractivity contribution in [3.8, 4) is 0 Å². The van der Waals surface area contributed by atoms with Crippen LogP contribution in [0.15, 0.2) is 4.52 Å². The molecule has 0 aromatic carbocycles. The van der Waals surface area contributed by atoms with Crippen LogP contribution in [0.4, 0.5) is 4.79 Å². The van der Waals surface area contributed by atoms with Crippen LogP contribution < -0.4 is 0 Å². The summed E-state index contributed by atoms with van der Waals surface area (Å²) in [6, 6.07) is -0.281. The van der Waals surface area contributed by atoms with Crippen LogP contribution in [0.25, 0.3) is 0 Å². The average Bonchev–Trinajstić information content (AvgIpc) is 3.03. The summed E-state index contributed by atoms with van der Waals surface area (Å²) >= 11 is 0. The molecule has 0 radical (unpaired) electrons. The zero-order chi connectivity index (χ0) is 18.1. The van der Waals surface area contributed by atoms with Crippen molar-refractivity contribution in [3.05, 3.63) is 11.7 Å². The molecule has 1 aromatic heterocycles. The van der Waals surface area contributed by atoms with E-state index in [0.29, 0.717) is 18.3 Å². The van der Waals surface area contributed by atoms with Gasteiger partial charge in [0.15, 0.2) is 5.82 Å². The molecule has 0 spiro atoms. The van der Waals surface area contributed by atoms with Gasteiger partial charge in [0.2, 0.25) is 5.89 Å². The predicted octanol–water partition coefficient (Wildman–Crippen LogP) is 2.67. The molecule has 1 fully saturated rings. The molecule has 1 aromatic rings. The Kier molecular flexibility index (Phi) is 5.22. The minimum Gasteiger partial charge on any atom is -0.444 e. The van der Waals surface area contributed by atoms with Crippen molar-refractivity contribution in [3.63, 3.8) is 0 Å². The van der Waals surface area contributed by atoms with Gasteiger partial charge in [-0.3, -0.25) is 0 Å². The zero-order valence-electron chi connectivity index (χ0n) is 15.5. The molecule has 1 N–H and O–H groups in total. The smallest absolute Gasteiger partial charge is 0.410 e. The number of hydrogen-bond acceptors (Lipinski definition) is 6. The molecule has 1 aliphatic heterocycles. The van der Waals surface area contributed by atoms with Gasteiger partial charge in [-0.15, -0.1) is 0 Å². The van der Waals surface area contributed by atoms with Crippen LogP contribution in [-0.4, -0.2) is 50.5 Å². The molecule has 2 atom stereocenters. The molecule has 1 unspecified atom stereocenters. The van der Waals surface area contributed by atoms with Crippen LogP contribution in [0, 0.1) is 0 Å². The summed E-state index contributed by atoms with van der Waals surface area (Å²) in [5.41, 5.74) is -0.781. The third-order valence-electron chi connectivity index (χ3n) is 3.87. The summed E-state index contributed by atoms with van der Waals surface area (Å²) in [4.78, 5) is 18.3. The number of aromatic nitrogens is 2. The Labute approximate surface area is 143 Å². The van der Waals surface area contributed by atoms with Crippen LogP contribution >= 0.6 is 0 Å². The first kappa shape index (κ1) is 18.7. The predicted molar refractivity (Wildman–Crippen MR) is 88.7 cm³/mol. The Bertz CT molecular complexity index is 571. The van der Waals surface area contributed by atoms with E-state index in [-0.39, 0.29) is 24.0 Å². The van der Waals surface area contributed by atoms with E-state index >= 15 is 0 Å². The Hall–Kier alpha value is -1.63. The maximum Gasteiger partial charge on any atom is 0.410 e. The quantitative estimate of drug-likeness (QED) is 0.911. The average molecular weight is 339 g/mol. The molecule has 0 saturated carbocycles. The standard InChI is InChI=1S/C17H29N3O4/c1-16(2,3)14-18-13(19-24-14)10-12(21)11-8-7-9-20(11)15(22)23-17(4,5)6/h11-12,21H,7-10H2,1-6H3/t11?,12-/m0/s1. The Morgan fingerprint density at radius 2 is 2.04 bits per heavy atom. The minimum absolute atomic E-state index is 0.230. The number of carbonyl (C=O) groups is 1. The molecule has 1 aliphatic rings. The van der Waals surface area contributed by atoms with Crippen LogP contribution in [0.1, 0.15) is 66.1 Å². The van der Waals surface area contributed by atoms with Gasteiger partial charge in [-0.25, -0.2) is 4.79 Å². The molecule has 0 bridgehead atoms. The van der Waals surface area contributed by atoms with E-state index in [1.807, 2.05) is 41.5 Å². The molecule has 0 aliphatic carbocycles. The lowest BCUT2D eigenvalue weighted by molar-refractivity contribution is 0.00500. The fourth-order valence-corrected chi connectivity index (χ4v) is 2.70. The first-order chi connectivity index (χ1) is 11.0. The number of amides is 1. The summed E-state index contributed by atoms with van der Waals surface area (Å²) in [5, 5.41) is 14.5. The molecule has 1 saturated heterocycles. The maximum absolute atomic E-state index is 12.3. The van der Waals surface area contributed by atoms with Crippen molar-refractivity contribution in [2.45, 2.75) is 84.0 Å². The molecule has 24 heavy (non-hydrogen) atoms. The second kappa shape index (κ2) is 6.70. The number of ether oxygens (including phenoxy) is 1. The van der Waals surface area contributed by atoms with Gasteiger partial charge in [0.1, 0.15) is 5.60 Å². The zero-order valence-corrected chi connectivity index (χ0v) is 15.5. The molecule has 2 heterocycles. The van der Waals surface area contributed by atoms with Crippen molar-refractivity contribution >= 4 is 6.09 Å². The van der Waals surface area contributed by atoms with Crippen LogP contribution in [-0.2, 0) is 16.6 Å². The summed E-state index contributed by atoms with van der Waals surface area (Å²) in [6.07, 6.45) is 0.715. The van der Waals surface area contributed by atoms with E-state index in [1.165, 1.54) is 0 Å². The van der Waals surface area contributed by atoms with E-state index in [4.69, 9.17) is 9.26 Å². The lowest BCUT2D eigenvalue weighted by Gasteiger charge is -2.30. The number of rotatable bonds is 3. The molecule has 7 heteroatoms. The highest BCUT2D eigenvalue weighted by atomic mass is 16.6. The third-order valence-corrected chi connectivity index (χ3v) is 3.87. The summed E-state index contributed by atoms with van der Waals surface area (Å²) in [7, 11) is 0. The van der Waals surface area contributed by atoms with Gasteiger partial charge >= 0.3 is 6.09 Å². The Morgan fingerprint density at radius 1 is 1.38 bits per heavy atom. The van der Waals surface area contributed by atoms with Crippen LogP contribution in [0.3, 0.4) is 0 Å². The van der Waals surface area contributed by atoms with Crippen molar-refractivity contribution in [2.75, 3.05) is 6.54 Å². The van der Waals surface area contributed by atoms with Gasteiger partial charge < -0.3 is 19.3 Å². The Balaban J connectivity index is 2.01.